The smallest absolute Gasteiger partial charge is 0.399 e. The standard InChI is InChI=1S/C27H27BN4O3/c1-25(2)26(3,4)35-28(34-25)24-21-11-10-19(31-21)13-17-7-6-16(29-17)12-18-8-9-20(30-18)15-27(5)23(33)14-22(24)32-27/h6-15,29,32H,1-5H3. The fourth-order valence-corrected chi connectivity index (χ4v) is 4.63. The van der Waals surface area contributed by atoms with Crippen LogP contribution in [0.25, 0.3) is 12.2 Å². The molecule has 8 heteroatoms. The van der Waals surface area contributed by atoms with Crippen molar-refractivity contribution in [2.75, 3.05) is 0 Å². The van der Waals surface area contributed by atoms with E-state index < -0.39 is 23.9 Å². The molecule has 1 unspecified atom stereocenters. The molecule has 6 heterocycles. The minimum absolute atomic E-state index is 0.0636. The van der Waals surface area contributed by atoms with Gasteiger partial charge in [0.2, 0.25) is 0 Å². The van der Waals surface area contributed by atoms with Gasteiger partial charge >= 0.3 is 7.12 Å². The largest absolute Gasteiger partial charge is 0.499 e. The molecule has 176 valence electrons. The Morgan fingerprint density at radius 1 is 0.829 bits per heavy atom. The predicted octanol–water partition coefficient (Wildman–Crippen LogP) is 2.20. The molecule has 5 aliphatic rings. The van der Waals surface area contributed by atoms with Crippen molar-refractivity contribution in [1.29, 1.82) is 0 Å². The molecule has 0 radical (unpaired) electrons. The number of aromatic amines is 1. The average molecular weight is 466 g/mol. The molecule has 1 fully saturated rings. The Bertz CT molecular complexity index is 1500. The summed E-state index contributed by atoms with van der Waals surface area (Å²) < 4.78 is 12.8. The molecular formula is C27H27BN4O3. The molecule has 0 amide bonds. The summed E-state index contributed by atoms with van der Waals surface area (Å²) in [5.41, 5.74) is 2.36. The number of nitrogens with one attached hydrogen (secondary N) is 2. The number of hydrogen-bond donors (Lipinski definition) is 2. The maximum Gasteiger partial charge on any atom is 0.499 e. The van der Waals surface area contributed by atoms with E-state index in [2.05, 4.69) is 10.3 Å². The predicted molar refractivity (Wildman–Crippen MR) is 138 cm³/mol. The lowest BCUT2D eigenvalue weighted by atomic mass is 9.74. The first-order valence-electron chi connectivity index (χ1n) is 11.8. The lowest BCUT2D eigenvalue weighted by molar-refractivity contribution is -0.117. The molecule has 0 aliphatic carbocycles. The third kappa shape index (κ3) is 3.64. The second kappa shape index (κ2) is 7.26. The van der Waals surface area contributed by atoms with Crippen LogP contribution in [0.1, 0.15) is 34.6 Å². The molecule has 35 heavy (non-hydrogen) atoms. The van der Waals surface area contributed by atoms with Crippen LogP contribution in [0.15, 0.2) is 81.1 Å². The van der Waals surface area contributed by atoms with Crippen LogP contribution in [-0.2, 0) is 14.1 Å². The molecule has 2 N–H and O–H groups in total. The summed E-state index contributed by atoms with van der Waals surface area (Å²) in [4.78, 5) is 26.2. The highest BCUT2D eigenvalue weighted by atomic mass is 16.7. The van der Waals surface area contributed by atoms with Gasteiger partial charge in [0.05, 0.1) is 34.0 Å². The highest BCUT2D eigenvalue weighted by Gasteiger charge is 2.54. The third-order valence-electron chi connectivity index (χ3n) is 7.36. The van der Waals surface area contributed by atoms with E-state index in [1.54, 1.807) is 6.08 Å². The molecule has 0 saturated carbocycles. The molecular weight excluding hydrogens is 439 g/mol. The maximum atomic E-state index is 13.3. The van der Waals surface area contributed by atoms with Crippen molar-refractivity contribution in [2.45, 2.75) is 51.4 Å². The lowest BCUT2D eigenvalue weighted by Crippen LogP contribution is -2.42. The van der Waals surface area contributed by atoms with Crippen LogP contribution in [0.5, 0.6) is 0 Å². The van der Waals surface area contributed by atoms with E-state index in [1.165, 1.54) is 0 Å². The summed E-state index contributed by atoms with van der Waals surface area (Å²) in [5, 5.41) is 5.31. The first-order valence-corrected chi connectivity index (χ1v) is 11.8. The summed E-state index contributed by atoms with van der Waals surface area (Å²) in [7, 11) is -0.689. The van der Waals surface area contributed by atoms with Crippen LogP contribution in [0.4, 0.5) is 0 Å². The van der Waals surface area contributed by atoms with Gasteiger partial charge in [-0.3, -0.25) is 4.79 Å². The Balaban J connectivity index is 1.55. The van der Waals surface area contributed by atoms with Crippen molar-refractivity contribution in [2.24, 2.45) is 9.98 Å². The Morgan fingerprint density at radius 2 is 1.46 bits per heavy atom. The molecule has 0 aromatic carbocycles. The number of aromatic nitrogens is 1. The molecule has 8 bridgehead atoms. The minimum atomic E-state index is -0.957. The van der Waals surface area contributed by atoms with Crippen molar-refractivity contribution < 1.29 is 14.1 Å². The third-order valence-corrected chi connectivity index (χ3v) is 7.36. The van der Waals surface area contributed by atoms with Gasteiger partial charge in [0, 0.05) is 27.9 Å². The monoisotopic (exact) mass is 466 g/mol. The number of rotatable bonds is 1. The molecule has 1 aromatic rings. The average Bonchev–Trinajstić information content (AvgIpc) is 3.55. The van der Waals surface area contributed by atoms with Gasteiger partial charge < -0.3 is 19.6 Å². The molecule has 1 saturated heterocycles. The summed E-state index contributed by atoms with van der Waals surface area (Å²) in [5.74, 6) is -0.0636. The van der Waals surface area contributed by atoms with Gasteiger partial charge in [-0.15, -0.1) is 0 Å². The van der Waals surface area contributed by atoms with Gasteiger partial charge in [0.25, 0.3) is 0 Å². The number of fused-ring (bicyclic) bond motifs is 6. The zero-order valence-electron chi connectivity index (χ0n) is 20.5. The molecule has 1 atom stereocenters. The zero-order valence-corrected chi connectivity index (χ0v) is 20.5. The molecule has 7 nitrogen and oxygen atoms in total. The lowest BCUT2D eigenvalue weighted by Gasteiger charge is -2.32. The Morgan fingerprint density at radius 3 is 2.14 bits per heavy atom. The fourth-order valence-electron chi connectivity index (χ4n) is 4.63. The molecule has 0 spiro atoms. The molecule has 1 aromatic heterocycles. The van der Waals surface area contributed by atoms with Crippen molar-refractivity contribution in [3.05, 3.63) is 81.9 Å². The van der Waals surface area contributed by atoms with Crippen molar-refractivity contribution in [1.82, 2.24) is 10.3 Å². The molecule has 5 aliphatic heterocycles. The number of ketones is 1. The van der Waals surface area contributed by atoms with Gasteiger partial charge in [-0.1, -0.05) is 0 Å². The maximum absolute atomic E-state index is 13.3. The quantitative estimate of drug-likeness (QED) is 0.622. The molecule has 6 rings (SSSR count). The number of nitrogens with zero attached hydrogens (tertiary/aromatic N) is 2. The van der Waals surface area contributed by atoms with Gasteiger partial charge in [0.15, 0.2) is 5.78 Å². The topological polar surface area (TPSA) is 88.1 Å². The van der Waals surface area contributed by atoms with E-state index in [0.717, 1.165) is 27.8 Å². The van der Waals surface area contributed by atoms with Crippen LogP contribution in [0.2, 0.25) is 0 Å². The van der Waals surface area contributed by atoms with Crippen molar-refractivity contribution in [3.8, 4) is 0 Å². The van der Waals surface area contributed by atoms with Gasteiger partial charge in [-0.05, 0) is 89.3 Å². The minimum Gasteiger partial charge on any atom is -0.399 e. The van der Waals surface area contributed by atoms with E-state index in [0.29, 0.717) is 16.9 Å². The highest BCUT2D eigenvalue weighted by molar-refractivity contribution is 6.56. The van der Waals surface area contributed by atoms with E-state index in [-0.39, 0.29) is 5.78 Å². The summed E-state index contributed by atoms with van der Waals surface area (Å²) in [6.07, 6.45) is 15.2. The van der Waals surface area contributed by atoms with Crippen LogP contribution in [-0.4, -0.2) is 46.1 Å². The van der Waals surface area contributed by atoms with Gasteiger partial charge in [-0.2, -0.15) is 0 Å². The number of aliphatic imine (C=N–C) groups is 2. The van der Waals surface area contributed by atoms with Gasteiger partial charge in [0.1, 0.15) is 5.54 Å². The highest BCUT2D eigenvalue weighted by Crippen LogP contribution is 2.42. The van der Waals surface area contributed by atoms with Crippen molar-refractivity contribution in [3.63, 3.8) is 0 Å². The Labute approximate surface area is 204 Å². The van der Waals surface area contributed by atoms with Crippen molar-refractivity contribution >= 4 is 36.5 Å². The van der Waals surface area contributed by atoms with Gasteiger partial charge in [-0.25, -0.2) is 9.98 Å². The van der Waals surface area contributed by atoms with Crippen LogP contribution < -0.4 is 16.0 Å². The number of allylic oxidation sites excluding steroid dienone is 5. The van der Waals surface area contributed by atoms with Crippen LogP contribution in [0, 0.1) is 0 Å². The number of H-pyrrole nitrogens is 1. The summed E-state index contributed by atoms with van der Waals surface area (Å²) >= 11 is 0. The number of hydrogen-bond acceptors (Lipinski definition) is 6. The van der Waals surface area contributed by atoms with Crippen LogP contribution in [0.3, 0.4) is 0 Å². The fraction of sp³-hybridized carbons (Fsp3) is 0.296. The Hall–Kier alpha value is -3.49. The summed E-state index contributed by atoms with van der Waals surface area (Å²) in [6.45, 7) is 9.91. The van der Waals surface area contributed by atoms with E-state index >= 15 is 0 Å². The second-order valence-electron chi connectivity index (χ2n) is 10.6. The second-order valence-corrected chi connectivity index (χ2v) is 10.6. The van der Waals surface area contributed by atoms with E-state index in [4.69, 9.17) is 19.3 Å². The SMILES string of the molecule is CC12C=C3C=CC(=N3)C=c3ccc([nH]3)=CC3=NC(=C(B4OC(C)(C)C(C)(C)O4)C(=CC1=O)N2)C=C3. The summed E-state index contributed by atoms with van der Waals surface area (Å²) in [6, 6.07) is 4.02. The first kappa shape index (κ1) is 22.0. The Kier molecular flexibility index (Phi) is 4.56. The number of carbonyl (C=O) groups excluding carboxylic acids is 1. The number of carbonyl (C=O) groups is 1. The first-order chi connectivity index (χ1) is 16.5. The van der Waals surface area contributed by atoms with Crippen LogP contribution >= 0.6 is 0 Å². The van der Waals surface area contributed by atoms with E-state index in [1.807, 2.05) is 89.3 Å². The normalized spacial score (nSPS) is 27.8. The van der Waals surface area contributed by atoms with E-state index in [9.17, 15) is 4.79 Å². The zero-order chi connectivity index (χ0) is 24.6.